The zero-order chi connectivity index (χ0) is 18.6. The molecule has 0 spiro atoms. The molecular formula is C21H36O4. The third-order valence-electron chi connectivity index (χ3n) is 3.89. The number of rotatable bonds is 17. The summed E-state index contributed by atoms with van der Waals surface area (Å²) in [6.45, 7) is 6.57. The molecule has 0 aliphatic rings. The van der Waals surface area contributed by atoms with Crippen molar-refractivity contribution in [2.24, 2.45) is 0 Å². The van der Waals surface area contributed by atoms with Crippen molar-refractivity contribution < 1.29 is 19.1 Å². The van der Waals surface area contributed by atoms with Crippen LogP contribution < -0.4 is 0 Å². The maximum absolute atomic E-state index is 11.5. The number of carbonyl (C=O) groups excluding carboxylic acids is 2. The molecule has 0 radical (unpaired) electrons. The highest BCUT2D eigenvalue weighted by molar-refractivity contribution is 5.91. The molecule has 4 heteroatoms. The van der Waals surface area contributed by atoms with Crippen molar-refractivity contribution in [2.75, 3.05) is 13.2 Å². The van der Waals surface area contributed by atoms with Crippen molar-refractivity contribution in [3.05, 3.63) is 24.8 Å². The number of hydrogen-bond acceptors (Lipinski definition) is 4. The maximum atomic E-state index is 11.5. The van der Waals surface area contributed by atoms with Crippen molar-refractivity contribution in [3.8, 4) is 0 Å². The Morgan fingerprint density at radius 1 is 0.720 bits per heavy atom. The fraction of sp³-hybridized carbons (Fsp3) is 0.714. The number of esters is 2. The van der Waals surface area contributed by atoms with E-state index in [4.69, 9.17) is 9.47 Å². The quantitative estimate of drug-likeness (QED) is 0.150. The molecule has 0 saturated heterocycles. The van der Waals surface area contributed by atoms with Gasteiger partial charge in [-0.05, 0) is 19.3 Å². The van der Waals surface area contributed by atoms with E-state index in [0.717, 1.165) is 37.8 Å². The van der Waals surface area contributed by atoms with Crippen LogP contribution in [0.15, 0.2) is 24.8 Å². The second-order valence-electron chi connectivity index (χ2n) is 6.28. The molecule has 0 saturated carbocycles. The lowest BCUT2D eigenvalue weighted by molar-refractivity contribution is -0.140. The maximum Gasteiger partial charge on any atom is 0.331 e. The van der Waals surface area contributed by atoms with E-state index in [1.807, 2.05) is 0 Å². The zero-order valence-electron chi connectivity index (χ0n) is 16.0. The van der Waals surface area contributed by atoms with Gasteiger partial charge in [0.2, 0.25) is 0 Å². The van der Waals surface area contributed by atoms with Gasteiger partial charge in [-0.2, -0.15) is 0 Å². The third-order valence-corrected chi connectivity index (χ3v) is 3.89. The molecule has 0 amide bonds. The highest BCUT2D eigenvalue weighted by Crippen LogP contribution is 2.10. The van der Waals surface area contributed by atoms with E-state index in [1.165, 1.54) is 51.4 Å². The second-order valence-corrected chi connectivity index (χ2v) is 6.28. The van der Waals surface area contributed by atoms with Gasteiger partial charge < -0.3 is 9.47 Å². The van der Waals surface area contributed by atoms with Gasteiger partial charge in [0.05, 0.1) is 13.2 Å². The van der Waals surface area contributed by atoms with E-state index >= 15 is 0 Å². The molecule has 144 valence electrons. The molecule has 4 nitrogen and oxygen atoms in total. The molecule has 0 N–H and O–H groups in total. The lowest BCUT2D eigenvalue weighted by Gasteiger charge is -2.03. The van der Waals surface area contributed by atoms with E-state index in [2.05, 4.69) is 13.5 Å². The van der Waals surface area contributed by atoms with Crippen LogP contribution in [0.25, 0.3) is 0 Å². The predicted molar refractivity (Wildman–Crippen MR) is 102 cm³/mol. The molecule has 0 aliphatic heterocycles. The van der Waals surface area contributed by atoms with Gasteiger partial charge in [0, 0.05) is 12.2 Å². The summed E-state index contributed by atoms with van der Waals surface area (Å²) < 4.78 is 9.99. The molecule has 0 unspecified atom stereocenters. The van der Waals surface area contributed by atoms with E-state index in [-0.39, 0.29) is 0 Å². The first-order valence-electron chi connectivity index (χ1n) is 9.83. The number of ether oxygens (including phenoxy) is 2. The van der Waals surface area contributed by atoms with Crippen LogP contribution in [0, 0.1) is 0 Å². The number of carbonyl (C=O) groups is 2. The molecule has 0 fully saturated rings. The van der Waals surface area contributed by atoms with Crippen LogP contribution in [-0.2, 0) is 19.1 Å². The van der Waals surface area contributed by atoms with Crippen LogP contribution in [0.1, 0.15) is 84.0 Å². The zero-order valence-corrected chi connectivity index (χ0v) is 16.0. The lowest BCUT2D eigenvalue weighted by atomic mass is 10.1. The topological polar surface area (TPSA) is 52.6 Å². The van der Waals surface area contributed by atoms with Crippen LogP contribution in [-0.4, -0.2) is 25.2 Å². The van der Waals surface area contributed by atoms with Crippen molar-refractivity contribution in [3.63, 3.8) is 0 Å². The summed E-state index contributed by atoms with van der Waals surface area (Å²) in [5.41, 5.74) is 0. The van der Waals surface area contributed by atoms with Gasteiger partial charge in [-0.1, -0.05) is 70.8 Å². The Morgan fingerprint density at radius 2 is 1.16 bits per heavy atom. The molecule has 0 heterocycles. The molecule has 25 heavy (non-hydrogen) atoms. The monoisotopic (exact) mass is 352 g/mol. The first-order chi connectivity index (χ1) is 12.2. The van der Waals surface area contributed by atoms with Crippen LogP contribution >= 0.6 is 0 Å². The van der Waals surface area contributed by atoms with Gasteiger partial charge in [0.25, 0.3) is 0 Å². The summed E-state index contributed by atoms with van der Waals surface area (Å²) in [6.07, 6.45) is 18.0. The highest BCUT2D eigenvalue weighted by atomic mass is 16.5. The first-order valence-corrected chi connectivity index (χ1v) is 9.83. The first kappa shape index (κ1) is 23.4. The SMILES string of the molecule is C=CCCCOC(=O)/C=C/C(=O)OCCCCCCCCCCCC. The van der Waals surface area contributed by atoms with E-state index in [9.17, 15) is 9.59 Å². The Labute approximate surface area is 153 Å². The minimum Gasteiger partial charge on any atom is -0.463 e. The van der Waals surface area contributed by atoms with Crippen LogP contribution in [0.3, 0.4) is 0 Å². The number of unbranched alkanes of at least 4 members (excludes halogenated alkanes) is 10. The molecule has 0 aromatic heterocycles. The smallest absolute Gasteiger partial charge is 0.331 e. The summed E-state index contributed by atoms with van der Waals surface area (Å²) in [5.74, 6) is -1.00. The average molecular weight is 353 g/mol. The number of hydrogen-bond donors (Lipinski definition) is 0. The molecule has 0 aromatic carbocycles. The van der Waals surface area contributed by atoms with Crippen molar-refractivity contribution >= 4 is 11.9 Å². The normalized spacial score (nSPS) is 10.8. The Morgan fingerprint density at radius 3 is 1.64 bits per heavy atom. The summed E-state index contributed by atoms with van der Waals surface area (Å²) in [5, 5.41) is 0. The minimum absolute atomic E-state index is 0.336. The molecule has 0 aromatic rings. The fourth-order valence-electron chi connectivity index (χ4n) is 2.39. The van der Waals surface area contributed by atoms with Gasteiger partial charge in [0.15, 0.2) is 0 Å². The summed E-state index contributed by atoms with van der Waals surface area (Å²) in [7, 11) is 0. The summed E-state index contributed by atoms with van der Waals surface area (Å²) >= 11 is 0. The fourth-order valence-corrected chi connectivity index (χ4v) is 2.39. The second kappa shape index (κ2) is 18.8. The van der Waals surface area contributed by atoms with Gasteiger partial charge in [-0.3, -0.25) is 0 Å². The molecule has 0 atom stereocenters. The van der Waals surface area contributed by atoms with Crippen LogP contribution in [0.2, 0.25) is 0 Å². The van der Waals surface area contributed by atoms with Crippen molar-refractivity contribution in [2.45, 2.75) is 84.0 Å². The van der Waals surface area contributed by atoms with Gasteiger partial charge in [-0.15, -0.1) is 6.58 Å². The standard InChI is InChI=1S/C21H36O4/c1-3-5-7-8-9-10-11-12-13-15-19-25-21(23)17-16-20(22)24-18-14-6-4-2/h4,16-17H,2-3,5-15,18-19H2,1H3/b17-16+. The average Bonchev–Trinajstić information content (AvgIpc) is 2.61. The summed E-state index contributed by atoms with van der Waals surface area (Å²) in [6, 6.07) is 0. The molecule has 0 rings (SSSR count). The highest BCUT2D eigenvalue weighted by Gasteiger charge is 2.01. The Hall–Kier alpha value is -1.58. The molecular weight excluding hydrogens is 316 g/mol. The third kappa shape index (κ3) is 18.6. The van der Waals surface area contributed by atoms with E-state index in [0.29, 0.717) is 13.2 Å². The van der Waals surface area contributed by atoms with E-state index < -0.39 is 11.9 Å². The largest absolute Gasteiger partial charge is 0.463 e. The lowest BCUT2D eigenvalue weighted by Crippen LogP contribution is -2.06. The van der Waals surface area contributed by atoms with E-state index in [1.54, 1.807) is 6.08 Å². The number of allylic oxidation sites excluding steroid dienone is 1. The summed E-state index contributed by atoms with van der Waals surface area (Å²) in [4.78, 5) is 22.8. The van der Waals surface area contributed by atoms with Gasteiger partial charge in [0.1, 0.15) is 0 Å². The molecule has 0 aliphatic carbocycles. The Balaban J connectivity index is 3.41. The Kier molecular flexibility index (Phi) is 17.6. The van der Waals surface area contributed by atoms with Crippen molar-refractivity contribution in [1.82, 2.24) is 0 Å². The van der Waals surface area contributed by atoms with Crippen LogP contribution in [0.5, 0.6) is 0 Å². The van der Waals surface area contributed by atoms with Gasteiger partial charge in [-0.25, -0.2) is 9.59 Å². The van der Waals surface area contributed by atoms with Gasteiger partial charge >= 0.3 is 11.9 Å². The molecule has 0 bridgehead atoms. The minimum atomic E-state index is -0.514. The predicted octanol–water partition coefficient (Wildman–Crippen LogP) is 5.52. The Bertz CT molecular complexity index is 374. The van der Waals surface area contributed by atoms with Crippen molar-refractivity contribution in [1.29, 1.82) is 0 Å². The van der Waals surface area contributed by atoms with Crippen LogP contribution in [0.4, 0.5) is 0 Å².